The number of nitrogens with zero attached hydrogens (tertiary/aromatic N) is 1. The smallest absolute Gasteiger partial charge is 0.406 e. The van der Waals surface area contributed by atoms with Crippen molar-refractivity contribution in [1.29, 1.82) is 0 Å². The van der Waals surface area contributed by atoms with Crippen molar-refractivity contribution in [2.45, 2.75) is 44.6 Å². The van der Waals surface area contributed by atoms with Gasteiger partial charge in [-0.3, -0.25) is 4.79 Å². The predicted octanol–water partition coefficient (Wildman–Crippen LogP) is 3.35. The summed E-state index contributed by atoms with van der Waals surface area (Å²) in [5.74, 6) is -0.551. The number of piperidine rings is 1. The minimum Gasteiger partial charge on any atom is -0.406 e. The van der Waals surface area contributed by atoms with Crippen molar-refractivity contribution < 1.29 is 27.8 Å². The van der Waals surface area contributed by atoms with Crippen LogP contribution in [0.25, 0.3) is 0 Å². The van der Waals surface area contributed by atoms with E-state index < -0.39 is 12.0 Å². The summed E-state index contributed by atoms with van der Waals surface area (Å²) >= 11 is 0. The third kappa shape index (κ3) is 3.09. The van der Waals surface area contributed by atoms with Crippen LogP contribution in [0.5, 0.6) is 5.75 Å². The molecule has 132 valence electrons. The molecule has 2 fully saturated rings. The molecule has 0 radical (unpaired) electrons. The number of ether oxygens (including phenoxy) is 1. The Balaban J connectivity index is 1.61. The zero-order valence-corrected chi connectivity index (χ0v) is 13.4. The van der Waals surface area contributed by atoms with Gasteiger partial charge in [0, 0.05) is 24.1 Å². The topological polar surface area (TPSA) is 49.8 Å². The first-order valence-electron chi connectivity index (χ1n) is 7.99. The van der Waals surface area contributed by atoms with Gasteiger partial charge in [-0.05, 0) is 56.9 Å². The molecule has 0 bridgehead atoms. The highest BCUT2D eigenvalue weighted by atomic mass is 19.4. The minimum atomic E-state index is -4.74. The highest BCUT2D eigenvalue weighted by Gasteiger charge is 2.55. The number of alkyl halides is 3. The summed E-state index contributed by atoms with van der Waals surface area (Å²) in [4.78, 5) is 14.2. The molecule has 1 aromatic rings. The van der Waals surface area contributed by atoms with E-state index in [-0.39, 0.29) is 17.1 Å². The van der Waals surface area contributed by atoms with E-state index >= 15 is 0 Å². The summed E-state index contributed by atoms with van der Waals surface area (Å²) in [5.41, 5.74) is -0.409. The average molecular weight is 343 g/mol. The first-order valence-corrected chi connectivity index (χ1v) is 7.99. The van der Waals surface area contributed by atoms with Crippen molar-refractivity contribution in [3.05, 3.63) is 29.8 Å². The molecule has 1 N–H and O–H groups in total. The quantitative estimate of drug-likeness (QED) is 0.896. The number of hydrogen-bond acceptors (Lipinski definition) is 3. The molecule has 1 saturated heterocycles. The number of amides is 1. The van der Waals surface area contributed by atoms with Gasteiger partial charge in [0.1, 0.15) is 5.75 Å². The van der Waals surface area contributed by atoms with E-state index in [2.05, 4.69) is 4.74 Å². The van der Waals surface area contributed by atoms with Gasteiger partial charge in [0.05, 0.1) is 5.60 Å². The Labute approximate surface area is 138 Å². The number of likely N-dealkylation sites (tertiary alicyclic amines) is 1. The molecule has 1 aliphatic carbocycles. The summed E-state index contributed by atoms with van der Waals surface area (Å²) in [6.45, 7) is 2.96. The molecule has 3 rings (SSSR count). The third-order valence-electron chi connectivity index (χ3n) is 5.58. The molecule has 24 heavy (non-hydrogen) atoms. The summed E-state index contributed by atoms with van der Waals surface area (Å²) in [5, 5.41) is 10.3. The fraction of sp³-hybridized carbons (Fsp3) is 0.588. The largest absolute Gasteiger partial charge is 0.573 e. The van der Waals surface area contributed by atoms with E-state index in [0.29, 0.717) is 18.7 Å². The molecule has 2 aliphatic rings. The van der Waals surface area contributed by atoms with E-state index in [1.54, 1.807) is 4.90 Å². The van der Waals surface area contributed by atoms with Crippen molar-refractivity contribution in [2.24, 2.45) is 5.41 Å². The Bertz CT molecular complexity index is 617. The number of halogens is 3. The average Bonchev–Trinajstić information content (AvgIpc) is 2.52. The van der Waals surface area contributed by atoms with Crippen LogP contribution in [0.2, 0.25) is 0 Å². The van der Waals surface area contributed by atoms with Crippen molar-refractivity contribution in [1.82, 2.24) is 4.90 Å². The summed E-state index contributed by atoms with van der Waals surface area (Å²) in [6.07, 6.45) is -1.47. The molecular weight excluding hydrogens is 323 g/mol. The molecule has 1 heterocycles. The lowest BCUT2D eigenvalue weighted by Gasteiger charge is -2.58. The van der Waals surface area contributed by atoms with Gasteiger partial charge >= 0.3 is 6.36 Å². The van der Waals surface area contributed by atoms with Crippen molar-refractivity contribution in [2.75, 3.05) is 13.1 Å². The second-order valence-corrected chi connectivity index (χ2v) is 6.92. The normalized spacial score (nSPS) is 26.1. The SMILES string of the molecule is CC1(O)CCC12CCN(C(=O)c1ccc(OC(F)(F)F)cc1)CC2. The van der Waals surface area contributed by atoms with Crippen LogP contribution in [0.1, 0.15) is 43.0 Å². The van der Waals surface area contributed by atoms with Gasteiger partial charge in [-0.15, -0.1) is 13.2 Å². The number of rotatable bonds is 2. The lowest BCUT2D eigenvalue weighted by Crippen LogP contribution is -2.60. The van der Waals surface area contributed by atoms with Gasteiger partial charge < -0.3 is 14.7 Å². The zero-order chi connectivity index (χ0) is 17.6. The number of hydrogen-bond donors (Lipinski definition) is 1. The maximum absolute atomic E-state index is 12.5. The van der Waals surface area contributed by atoms with Gasteiger partial charge in [-0.25, -0.2) is 0 Å². The molecule has 4 nitrogen and oxygen atoms in total. The molecule has 1 aromatic carbocycles. The first kappa shape index (κ1) is 17.1. The Morgan fingerprint density at radius 1 is 1.12 bits per heavy atom. The Kier molecular flexibility index (Phi) is 4.02. The fourth-order valence-electron chi connectivity index (χ4n) is 3.75. The van der Waals surface area contributed by atoms with Crippen LogP contribution in [-0.2, 0) is 0 Å². The van der Waals surface area contributed by atoms with Crippen LogP contribution in [0.15, 0.2) is 24.3 Å². The second-order valence-electron chi connectivity index (χ2n) is 6.92. The Morgan fingerprint density at radius 3 is 2.12 bits per heavy atom. The third-order valence-corrected chi connectivity index (χ3v) is 5.58. The Hall–Kier alpha value is -1.76. The molecule has 1 saturated carbocycles. The van der Waals surface area contributed by atoms with Gasteiger partial charge in [0.2, 0.25) is 0 Å². The molecule has 0 aromatic heterocycles. The zero-order valence-electron chi connectivity index (χ0n) is 13.4. The predicted molar refractivity (Wildman–Crippen MR) is 80.6 cm³/mol. The molecule has 1 unspecified atom stereocenters. The summed E-state index contributed by atoms with van der Waals surface area (Å²) in [6, 6.07) is 4.96. The van der Waals surface area contributed by atoms with E-state index in [9.17, 15) is 23.1 Å². The number of benzene rings is 1. The molecule has 1 spiro atoms. The summed E-state index contributed by atoms with van der Waals surface area (Å²) in [7, 11) is 0. The minimum absolute atomic E-state index is 0.0891. The molecule has 1 atom stereocenters. The standard InChI is InChI=1S/C17H20F3NO3/c1-15(23)6-7-16(15)8-10-21(11-9-16)14(22)12-2-4-13(5-3-12)24-17(18,19)20/h2-5,23H,6-11H2,1H3. The summed E-state index contributed by atoms with van der Waals surface area (Å²) < 4.78 is 40.2. The number of carbonyl (C=O) groups is 1. The van der Waals surface area contributed by atoms with Crippen LogP contribution in [0.4, 0.5) is 13.2 Å². The van der Waals surface area contributed by atoms with Gasteiger partial charge in [0.15, 0.2) is 0 Å². The molecule has 1 amide bonds. The number of aliphatic hydroxyl groups is 1. The van der Waals surface area contributed by atoms with E-state index in [4.69, 9.17) is 0 Å². The van der Waals surface area contributed by atoms with Crippen LogP contribution in [-0.4, -0.2) is 41.0 Å². The maximum Gasteiger partial charge on any atom is 0.573 e. The van der Waals surface area contributed by atoms with Gasteiger partial charge in [0.25, 0.3) is 5.91 Å². The van der Waals surface area contributed by atoms with Crippen LogP contribution >= 0.6 is 0 Å². The molecular formula is C17H20F3NO3. The second kappa shape index (κ2) is 5.65. The van der Waals surface area contributed by atoms with Crippen LogP contribution < -0.4 is 4.74 Å². The van der Waals surface area contributed by atoms with E-state index in [0.717, 1.165) is 37.8 Å². The van der Waals surface area contributed by atoms with E-state index in [1.807, 2.05) is 6.92 Å². The lowest BCUT2D eigenvalue weighted by molar-refractivity contribution is -0.274. The maximum atomic E-state index is 12.5. The van der Waals surface area contributed by atoms with Crippen molar-refractivity contribution >= 4 is 5.91 Å². The lowest BCUT2D eigenvalue weighted by atomic mass is 9.53. The first-order chi connectivity index (χ1) is 11.1. The van der Waals surface area contributed by atoms with Crippen molar-refractivity contribution in [3.8, 4) is 5.75 Å². The Morgan fingerprint density at radius 2 is 1.71 bits per heavy atom. The highest BCUT2D eigenvalue weighted by molar-refractivity contribution is 5.94. The van der Waals surface area contributed by atoms with Crippen LogP contribution in [0, 0.1) is 5.41 Å². The fourth-order valence-corrected chi connectivity index (χ4v) is 3.75. The molecule has 7 heteroatoms. The van der Waals surface area contributed by atoms with E-state index in [1.165, 1.54) is 12.1 Å². The monoisotopic (exact) mass is 343 g/mol. The molecule has 1 aliphatic heterocycles. The highest BCUT2D eigenvalue weighted by Crippen LogP contribution is 2.56. The van der Waals surface area contributed by atoms with Crippen molar-refractivity contribution in [3.63, 3.8) is 0 Å². The van der Waals surface area contributed by atoms with Gasteiger partial charge in [-0.1, -0.05) is 0 Å². The van der Waals surface area contributed by atoms with Gasteiger partial charge in [-0.2, -0.15) is 0 Å². The van der Waals surface area contributed by atoms with Crippen LogP contribution in [0.3, 0.4) is 0 Å². The number of carbonyl (C=O) groups excluding carboxylic acids is 1.